The minimum atomic E-state index is -0.0282. The van der Waals surface area contributed by atoms with Gasteiger partial charge in [0.1, 0.15) is 10.6 Å². The number of para-hydroxylation sites is 1. The summed E-state index contributed by atoms with van der Waals surface area (Å²) in [6.45, 7) is 4.66. The molecule has 0 unspecified atom stereocenters. The van der Waals surface area contributed by atoms with Crippen LogP contribution >= 0.6 is 11.3 Å². The van der Waals surface area contributed by atoms with Crippen molar-refractivity contribution in [3.8, 4) is 5.69 Å². The molecule has 1 aliphatic heterocycles. The van der Waals surface area contributed by atoms with Crippen LogP contribution in [0.2, 0.25) is 0 Å². The number of thiophene rings is 1. The van der Waals surface area contributed by atoms with Crippen LogP contribution in [0.3, 0.4) is 0 Å². The first-order chi connectivity index (χ1) is 15.1. The average molecular weight is 435 g/mol. The van der Waals surface area contributed by atoms with Gasteiger partial charge in [-0.15, -0.1) is 11.3 Å². The van der Waals surface area contributed by atoms with Gasteiger partial charge in [-0.1, -0.05) is 12.1 Å². The lowest BCUT2D eigenvalue weighted by atomic mass is 10.1. The van der Waals surface area contributed by atoms with Crippen LogP contribution in [0.15, 0.2) is 42.0 Å². The van der Waals surface area contributed by atoms with Crippen LogP contribution in [0, 0.1) is 6.92 Å². The number of aromatic nitrogens is 5. The monoisotopic (exact) mass is 434 g/mol. The maximum atomic E-state index is 13.3. The number of amides is 1. The van der Waals surface area contributed by atoms with Crippen molar-refractivity contribution in [2.24, 2.45) is 0 Å². The standard InChI is InChI=1S/C21H22N8OS/c1-14-13-31-19-17(14)18(22)25-21(26-19)28-10-4-9-27(11-12-28)20(30)15-5-2-3-6-16(15)29-23-7-8-24-29/h2-3,5-8,13H,4,9-12H2,1H3,(H2,22,25,26). The van der Waals surface area contributed by atoms with Crippen LogP contribution in [0.25, 0.3) is 15.9 Å². The van der Waals surface area contributed by atoms with Gasteiger partial charge in [-0.05, 0) is 36.4 Å². The number of hydrogen-bond donors (Lipinski definition) is 1. The highest BCUT2D eigenvalue weighted by Gasteiger charge is 2.24. The van der Waals surface area contributed by atoms with Gasteiger partial charge in [0.15, 0.2) is 0 Å². The van der Waals surface area contributed by atoms with Crippen molar-refractivity contribution in [2.75, 3.05) is 36.8 Å². The predicted octanol–water partition coefficient (Wildman–Crippen LogP) is 2.52. The number of hydrogen-bond acceptors (Lipinski definition) is 8. The van der Waals surface area contributed by atoms with Crippen molar-refractivity contribution >= 4 is 39.2 Å². The average Bonchev–Trinajstić information content (AvgIpc) is 3.37. The number of rotatable bonds is 3. The Morgan fingerprint density at radius 2 is 1.87 bits per heavy atom. The Balaban J connectivity index is 1.37. The second-order valence-corrected chi connectivity index (χ2v) is 8.33. The van der Waals surface area contributed by atoms with Crippen molar-refractivity contribution in [1.29, 1.82) is 0 Å². The summed E-state index contributed by atoms with van der Waals surface area (Å²) in [6.07, 6.45) is 4.02. The van der Waals surface area contributed by atoms with Gasteiger partial charge >= 0.3 is 0 Å². The fraction of sp³-hybridized carbons (Fsp3) is 0.286. The highest BCUT2D eigenvalue weighted by atomic mass is 32.1. The quantitative estimate of drug-likeness (QED) is 0.528. The van der Waals surface area contributed by atoms with Crippen LogP contribution in [-0.4, -0.2) is 61.9 Å². The van der Waals surface area contributed by atoms with Crippen LogP contribution in [0.4, 0.5) is 11.8 Å². The molecule has 4 aromatic rings. The minimum absolute atomic E-state index is 0.0282. The molecular weight excluding hydrogens is 412 g/mol. The highest BCUT2D eigenvalue weighted by molar-refractivity contribution is 7.17. The Bertz CT molecular complexity index is 1240. The fourth-order valence-electron chi connectivity index (χ4n) is 3.91. The van der Waals surface area contributed by atoms with Crippen molar-refractivity contribution in [2.45, 2.75) is 13.3 Å². The van der Waals surface area contributed by atoms with E-state index in [-0.39, 0.29) is 5.91 Å². The van der Waals surface area contributed by atoms with Crippen LogP contribution < -0.4 is 10.6 Å². The third kappa shape index (κ3) is 3.59. The van der Waals surface area contributed by atoms with E-state index in [0.29, 0.717) is 42.7 Å². The molecule has 9 nitrogen and oxygen atoms in total. The summed E-state index contributed by atoms with van der Waals surface area (Å²) in [6, 6.07) is 7.41. The van der Waals surface area contributed by atoms with Crippen molar-refractivity contribution < 1.29 is 4.79 Å². The first kappa shape index (κ1) is 19.4. The van der Waals surface area contributed by atoms with E-state index in [1.165, 1.54) is 4.80 Å². The smallest absolute Gasteiger partial charge is 0.256 e. The third-order valence-electron chi connectivity index (χ3n) is 5.47. The number of aryl methyl sites for hydroxylation is 1. The third-order valence-corrected chi connectivity index (χ3v) is 6.46. The maximum absolute atomic E-state index is 13.3. The molecule has 31 heavy (non-hydrogen) atoms. The second-order valence-electron chi connectivity index (χ2n) is 7.48. The van der Waals surface area contributed by atoms with E-state index in [9.17, 15) is 4.79 Å². The van der Waals surface area contributed by atoms with Crippen LogP contribution in [0.5, 0.6) is 0 Å². The van der Waals surface area contributed by atoms with E-state index in [1.54, 1.807) is 23.7 Å². The molecule has 1 saturated heterocycles. The largest absolute Gasteiger partial charge is 0.383 e. The molecule has 4 heterocycles. The number of carbonyl (C=O) groups is 1. The molecule has 0 radical (unpaired) electrons. The molecule has 2 N–H and O–H groups in total. The molecule has 10 heteroatoms. The van der Waals surface area contributed by atoms with Gasteiger partial charge in [-0.3, -0.25) is 4.79 Å². The van der Waals surface area contributed by atoms with Gasteiger partial charge in [0, 0.05) is 26.2 Å². The van der Waals surface area contributed by atoms with Gasteiger partial charge in [0.25, 0.3) is 5.91 Å². The van der Waals surface area contributed by atoms with E-state index in [2.05, 4.69) is 20.1 Å². The number of carbonyl (C=O) groups excluding carboxylic acids is 1. The van der Waals surface area contributed by atoms with Crippen molar-refractivity contribution in [3.63, 3.8) is 0 Å². The molecule has 5 rings (SSSR count). The van der Waals surface area contributed by atoms with E-state index in [0.717, 1.165) is 28.7 Å². The zero-order valence-electron chi connectivity index (χ0n) is 17.1. The van der Waals surface area contributed by atoms with Crippen molar-refractivity contribution in [3.05, 3.63) is 53.2 Å². The van der Waals surface area contributed by atoms with E-state index >= 15 is 0 Å². The Kier molecular flexibility index (Phi) is 4.99. The summed E-state index contributed by atoms with van der Waals surface area (Å²) in [5, 5.41) is 11.3. The molecule has 0 saturated carbocycles. The lowest BCUT2D eigenvalue weighted by Crippen LogP contribution is -2.36. The van der Waals surface area contributed by atoms with Gasteiger partial charge in [0.2, 0.25) is 5.95 Å². The number of nitrogens with zero attached hydrogens (tertiary/aromatic N) is 7. The minimum Gasteiger partial charge on any atom is -0.383 e. The lowest BCUT2D eigenvalue weighted by Gasteiger charge is -2.23. The van der Waals surface area contributed by atoms with Crippen molar-refractivity contribution in [1.82, 2.24) is 29.9 Å². The Labute approximate surface area is 183 Å². The lowest BCUT2D eigenvalue weighted by molar-refractivity contribution is 0.0766. The molecule has 1 fully saturated rings. The zero-order valence-corrected chi connectivity index (χ0v) is 17.9. The molecule has 0 aliphatic carbocycles. The Morgan fingerprint density at radius 1 is 1.06 bits per heavy atom. The zero-order chi connectivity index (χ0) is 21.4. The Hall–Kier alpha value is -3.53. The summed E-state index contributed by atoms with van der Waals surface area (Å²) in [4.78, 5) is 29.0. The normalized spacial score (nSPS) is 14.7. The molecular formula is C21H22N8OS. The second kappa shape index (κ2) is 7.95. The number of anilines is 2. The SMILES string of the molecule is Cc1csc2nc(N3CCCN(C(=O)c4ccccc4-n4nccn4)CC3)nc(N)c12. The summed E-state index contributed by atoms with van der Waals surface area (Å²) >= 11 is 1.58. The first-order valence-electron chi connectivity index (χ1n) is 10.1. The molecule has 0 spiro atoms. The van der Waals surface area contributed by atoms with Gasteiger partial charge in [0.05, 0.1) is 29.0 Å². The van der Waals surface area contributed by atoms with E-state index in [1.807, 2.05) is 41.5 Å². The fourth-order valence-corrected chi connectivity index (χ4v) is 4.83. The summed E-state index contributed by atoms with van der Waals surface area (Å²) in [5.41, 5.74) is 8.57. The van der Waals surface area contributed by atoms with E-state index < -0.39 is 0 Å². The van der Waals surface area contributed by atoms with E-state index in [4.69, 9.17) is 10.7 Å². The maximum Gasteiger partial charge on any atom is 0.256 e. The number of benzene rings is 1. The van der Waals surface area contributed by atoms with Gasteiger partial charge < -0.3 is 15.5 Å². The Morgan fingerprint density at radius 3 is 2.71 bits per heavy atom. The number of fused-ring (bicyclic) bond motifs is 1. The predicted molar refractivity (Wildman–Crippen MR) is 121 cm³/mol. The van der Waals surface area contributed by atoms with Gasteiger partial charge in [-0.25, -0.2) is 4.98 Å². The van der Waals surface area contributed by atoms with Gasteiger partial charge in [-0.2, -0.15) is 20.0 Å². The summed E-state index contributed by atoms with van der Waals surface area (Å²) in [7, 11) is 0. The molecule has 0 atom stereocenters. The molecule has 1 aliphatic rings. The molecule has 3 aromatic heterocycles. The molecule has 0 bridgehead atoms. The highest BCUT2D eigenvalue weighted by Crippen LogP contribution is 2.30. The molecule has 1 aromatic carbocycles. The first-order valence-corrected chi connectivity index (χ1v) is 11.0. The summed E-state index contributed by atoms with van der Waals surface area (Å²) < 4.78 is 0. The topological polar surface area (TPSA) is 106 Å². The number of nitrogens with two attached hydrogens (primary N) is 1. The summed E-state index contributed by atoms with van der Waals surface area (Å²) in [5.74, 6) is 1.11. The van der Waals surface area contributed by atoms with Crippen LogP contribution in [-0.2, 0) is 0 Å². The number of nitrogen functional groups attached to an aromatic ring is 1. The van der Waals surface area contributed by atoms with Crippen LogP contribution in [0.1, 0.15) is 22.3 Å². The molecule has 158 valence electrons. The molecule has 1 amide bonds.